The maximum absolute atomic E-state index is 12.5. The van der Waals surface area contributed by atoms with Crippen LogP contribution in [0.15, 0.2) is 36.5 Å². The number of hydrogen-bond donors (Lipinski definition) is 2. The second-order valence-corrected chi connectivity index (χ2v) is 7.37. The lowest BCUT2D eigenvalue weighted by Crippen LogP contribution is -2.17. The monoisotopic (exact) mass is 391 g/mol. The number of nitrogens with one attached hydrogen (secondary N) is 2. The van der Waals surface area contributed by atoms with E-state index in [0.717, 1.165) is 35.3 Å². The first-order valence-electron chi connectivity index (χ1n) is 10.1. The number of nitrogens with zero attached hydrogens (tertiary/aromatic N) is 3. The fraction of sp³-hybridized carbons (Fsp3) is 0.364. The molecule has 1 aromatic carbocycles. The standard InChI is InChI=1S/C22H25N5O2/c1-3-19(28)18-12-15-13-24-22(26-20(15)27(18)17-6-4-5-7-17)25-16-10-8-14(9-11-16)21(29)23-2/h8-13,17H,3-7H2,1-2H3,(H,23,29)(H,24,25,26). The number of benzene rings is 1. The minimum absolute atomic E-state index is 0.128. The van der Waals surface area contributed by atoms with Crippen molar-refractivity contribution in [2.24, 2.45) is 0 Å². The van der Waals surface area contributed by atoms with E-state index in [1.165, 1.54) is 12.8 Å². The van der Waals surface area contributed by atoms with E-state index in [2.05, 4.69) is 20.2 Å². The van der Waals surface area contributed by atoms with Crippen LogP contribution in [0.4, 0.5) is 11.6 Å². The Morgan fingerprint density at radius 1 is 1.17 bits per heavy atom. The molecule has 1 amide bonds. The first-order valence-corrected chi connectivity index (χ1v) is 10.1. The quantitative estimate of drug-likeness (QED) is 0.614. The molecule has 2 aromatic heterocycles. The number of rotatable bonds is 6. The van der Waals surface area contributed by atoms with Gasteiger partial charge >= 0.3 is 0 Å². The predicted octanol–water partition coefficient (Wildman–Crippen LogP) is 4.24. The molecule has 2 heterocycles. The number of hydrogen-bond acceptors (Lipinski definition) is 5. The molecule has 4 rings (SSSR count). The number of Topliss-reactive ketones (excluding diaryl/α,β-unsaturated/α-hetero) is 1. The minimum Gasteiger partial charge on any atom is -0.355 e. The van der Waals surface area contributed by atoms with E-state index in [9.17, 15) is 9.59 Å². The molecule has 29 heavy (non-hydrogen) atoms. The van der Waals surface area contributed by atoms with E-state index < -0.39 is 0 Å². The third-order valence-electron chi connectivity index (χ3n) is 5.50. The van der Waals surface area contributed by atoms with Crippen molar-refractivity contribution < 1.29 is 9.59 Å². The molecule has 0 radical (unpaired) electrons. The lowest BCUT2D eigenvalue weighted by atomic mass is 10.2. The summed E-state index contributed by atoms with van der Waals surface area (Å²) in [6.07, 6.45) is 6.74. The average molecular weight is 391 g/mol. The summed E-state index contributed by atoms with van der Waals surface area (Å²) in [5.74, 6) is 0.476. The topological polar surface area (TPSA) is 88.9 Å². The van der Waals surface area contributed by atoms with Crippen LogP contribution in [0.5, 0.6) is 0 Å². The molecule has 1 saturated carbocycles. The molecule has 0 spiro atoms. The number of aromatic nitrogens is 3. The molecular formula is C22H25N5O2. The van der Waals surface area contributed by atoms with Gasteiger partial charge in [0, 0.05) is 42.3 Å². The molecule has 1 aliphatic carbocycles. The van der Waals surface area contributed by atoms with Gasteiger partial charge in [-0.1, -0.05) is 19.8 Å². The van der Waals surface area contributed by atoms with E-state index in [-0.39, 0.29) is 11.7 Å². The third kappa shape index (κ3) is 3.72. The van der Waals surface area contributed by atoms with Gasteiger partial charge in [-0.3, -0.25) is 9.59 Å². The molecule has 1 aliphatic rings. The van der Waals surface area contributed by atoms with E-state index in [4.69, 9.17) is 4.98 Å². The maximum Gasteiger partial charge on any atom is 0.251 e. The number of ketones is 1. The number of anilines is 2. The molecule has 2 N–H and O–H groups in total. The molecule has 1 fully saturated rings. The number of amides is 1. The van der Waals surface area contributed by atoms with Crippen LogP contribution < -0.4 is 10.6 Å². The van der Waals surface area contributed by atoms with Crippen molar-refractivity contribution >= 4 is 34.4 Å². The fourth-order valence-corrected chi connectivity index (χ4v) is 3.97. The fourth-order valence-electron chi connectivity index (χ4n) is 3.97. The Morgan fingerprint density at radius 3 is 2.55 bits per heavy atom. The van der Waals surface area contributed by atoms with Gasteiger partial charge in [0.15, 0.2) is 5.78 Å². The van der Waals surface area contributed by atoms with Crippen molar-refractivity contribution in [3.63, 3.8) is 0 Å². The highest BCUT2D eigenvalue weighted by Gasteiger charge is 2.25. The summed E-state index contributed by atoms with van der Waals surface area (Å²) < 4.78 is 2.12. The van der Waals surface area contributed by atoms with Crippen molar-refractivity contribution in [2.75, 3.05) is 12.4 Å². The van der Waals surface area contributed by atoms with Crippen LogP contribution in [0.1, 0.15) is 65.9 Å². The molecule has 7 heteroatoms. The second-order valence-electron chi connectivity index (χ2n) is 7.37. The van der Waals surface area contributed by atoms with Crippen LogP contribution in [0.25, 0.3) is 11.0 Å². The van der Waals surface area contributed by atoms with Gasteiger partial charge in [-0.2, -0.15) is 4.98 Å². The highest BCUT2D eigenvalue weighted by Crippen LogP contribution is 2.35. The Morgan fingerprint density at radius 2 is 1.90 bits per heavy atom. The molecule has 3 aromatic rings. The van der Waals surface area contributed by atoms with E-state index in [0.29, 0.717) is 24.0 Å². The first kappa shape index (κ1) is 19.1. The minimum atomic E-state index is -0.128. The molecule has 0 aliphatic heterocycles. The molecule has 150 valence electrons. The first-order chi connectivity index (χ1) is 14.1. The van der Waals surface area contributed by atoms with Crippen LogP contribution in [0, 0.1) is 0 Å². The zero-order valence-electron chi connectivity index (χ0n) is 16.7. The summed E-state index contributed by atoms with van der Waals surface area (Å²) in [5, 5.41) is 6.69. The Kier molecular flexibility index (Phi) is 5.29. The van der Waals surface area contributed by atoms with Crippen molar-refractivity contribution in [3.8, 4) is 0 Å². The molecule has 0 unspecified atom stereocenters. The lowest BCUT2D eigenvalue weighted by Gasteiger charge is -2.16. The zero-order chi connectivity index (χ0) is 20.4. The van der Waals surface area contributed by atoms with Crippen LogP contribution in [-0.2, 0) is 0 Å². The van der Waals surface area contributed by atoms with Gasteiger partial charge in [-0.25, -0.2) is 4.98 Å². The van der Waals surface area contributed by atoms with Gasteiger partial charge in [0.2, 0.25) is 5.95 Å². The van der Waals surface area contributed by atoms with Crippen molar-refractivity contribution in [3.05, 3.63) is 47.8 Å². The number of fused-ring (bicyclic) bond motifs is 1. The van der Waals surface area contributed by atoms with Gasteiger partial charge in [0.1, 0.15) is 5.65 Å². The van der Waals surface area contributed by atoms with Crippen LogP contribution in [0.2, 0.25) is 0 Å². The number of carbonyl (C=O) groups is 2. The lowest BCUT2D eigenvalue weighted by molar-refractivity contribution is 0.0959. The summed E-state index contributed by atoms with van der Waals surface area (Å²) in [6, 6.07) is 9.37. The van der Waals surface area contributed by atoms with Crippen molar-refractivity contribution in [1.29, 1.82) is 0 Å². The molecule has 0 bridgehead atoms. The summed E-state index contributed by atoms with van der Waals surface area (Å²) in [4.78, 5) is 33.4. The van der Waals surface area contributed by atoms with E-state index >= 15 is 0 Å². The van der Waals surface area contributed by atoms with Gasteiger partial charge in [-0.15, -0.1) is 0 Å². The van der Waals surface area contributed by atoms with Crippen LogP contribution in [-0.4, -0.2) is 33.3 Å². The normalized spacial score (nSPS) is 14.3. The molecule has 7 nitrogen and oxygen atoms in total. The summed E-state index contributed by atoms with van der Waals surface area (Å²) in [5.41, 5.74) is 2.91. The Labute approximate surface area is 169 Å². The van der Waals surface area contributed by atoms with Crippen molar-refractivity contribution in [1.82, 2.24) is 19.9 Å². The smallest absolute Gasteiger partial charge is 0.251 e. The van der Waals surface area contributed by atoms with Gasteiger partial charge in [0.05, 0.1) is 5.69 Å². The third-order valence-corrected chi connectivity index (χ3v) is 5.50. The molecule has 0 atom stereocenters. The second kappa shape index (κ2) is 8.03. The van der Waals surface area contributed by atoms with E-state index in [1.807, 2.05) is 25.1 Å². The molecular weight excluding hydrogens is 366 g/mol. The van der Waals surface area contributed by atoms with Crippen LogP contribution >= 0.6 is 0 Å². The Balaban J connectivity index is 1.68. The largest absolute Gasteiger partial charge is 0.355 e. The molecule has 0 saturated heterocycles. The van der Waals surface area contributed by atoms with Gasteiger partial charge in [-0.05, 0) is 43.2 Å². The number of carbonyl (C=O) groups excluding carboxylic acids is 2. The highest BCUT2D eigenvalue weighted by atomic mass is 16.1. The Hall–Kier alpha value is -3.22. The zero-order valence-corrected chi connectivity index (χ0v) is 16.7. The Bertz CT molecular complexity index is 1050. The SMILES string of the molecule is CCC(=O)c1cc2cnc(Nc3ccc(C(=O)NC)cc3)nc2n1C1CCCC1. The summed E-state index contributed by atoms with van der Waals surface area (Å²) in [7, 11) is 1.61. The van der Waals surface area contributed by atoms with Gasteiger partial charge < -0.3 is 15.2 Å². The van der Waals surface area contributed by atoms with Crippen molar-refractivity contribution in [2.45, 2.75) is 45.1 Å². The van der Waals surface area contributed by atoms with E-state index in [1.54, 1.807) is 25.4 Å². The predicted molar refractivity (Wildman–Crippen MR) is 113 cm³/mol. The van der Waals surface area contributed by atoms with Crippen LogP contribution in [0.3, 0.4) is 0 Å². The summed E-state index contributed by atoms with van der Waals surface area (Å²) in [6.45, 7) is 1.89. The highest BCUT2D eigenvalue weighted by molar-refractivity contribution is 5.99. The van der Waals surface area contributed by atoms with Gasteiger partial charge in [0.25, 0.3) is 5.91 Å². The average Bonchev–Trinajstić information content (AvgIpc) is 3.40. The summed E-state index contributed by atoms with van der Waals surface area (Å²) >= 11 is 0. The maximum atomic E-state index is 12.5.